The molecule has 0 unspecified atom stereocenters. The molecular weight excluding hydrogens is 332 g/mol. The Morgan fingerprint density at radius 2 is 1.68 bits per heavy atom. The van der Waals surface area contributed by atoms with Crippen molar-refractivity contribution in [3.63, 3.8) is 0 Å². The average Bonchev–Trinajstić information content (AvgIpc) is 2.68. The molecule has 0 spiro atoms. The zero-order valence-corrected chi connectivity index (χ0v) is 14.7. The minimum Gasteiger partial charge on any atom is -0.461 e. The molecule has 0 fully saturated rings. The molecule has 3 aromatic rings. The predicted molar refractivity (Wildman–Crippen MR) is 99.4 cm³/mol. The lowest BCUT2D eigenvalue weighted by Gasteiger charge is -2.08. The second kappa shape index (κ2) is 8.44. The normalized spacial score (nSPS) is 10.4. The molecule has 0 N–H and O–H groups in total. The van der Waals surface area contributed by atoms with Crippen molar-refractivity contribution in [3.8, 4) is 11.3 Å². The van der Waals surface area contributed by atoms with Gasteiger partial charge in [0.15, 0.2) is 10.9 Å². The molecule has 0 aliphatic rings. The van der Waals surface area contributed by atoms with E-state index in [-0.39, 0.29) is 5.69 Å². The molecule has 0 atom stereocenters. The first kappa shape index (κ1) is 17.2. The van der Waals surface area contributed by atoms with Gasteiger partial charge in [0.25, 0.3) is 0 Å². The summed E-state index contributed by atoms with van der Waals surface area (Å²) in [6.07, 6.45) is 0. The van der Waals surface area contributed by atoms with Crippen LogP contribution in [0.1, 0.15) is 23.0 Å². The maximum atomic E-state index is 12.1. The Hall–Kier alpha value is -2.66. The highest BCUT2D eigenvalue weighted by molar-refractivity contribution is 7.98. The van der Waals surface area contributed by atoms with Crippen LogP contribution in [-0.2, 0) is 10.5 Å². The fourth-order valence-corrected chi connectivity index (χ4v) is 3.09. The lowest BCUT2D eigenvalue weighted by atomic mass is 10.1. The van der Waals surface area contributed by atoms with Gasteiger partial charge in [0.2, 0.25) is 0 Å². The number of ether oxygens (including phenoxy) is 1. The lowest BCUT2D eigenvalue weighted by molar-refractivity contribution is 0.0518. The van der Waals surface area contributed by atoms with Crippen molar-refractivity contribution in [3.05, 3.63) is 78.0 Å². The topological polar surface area (TPSA) is 52.1 Å². The van der Waals surface area contributed by atoms with E-state index >= 15 is 0 Å². The highest BCUT2D eigenvalue weighted by Crippen LogP contribution is 2.24. The van der Waals surface area contributed by atoms with Crippen LogP contribution in [-0.4, -0.2) is 22.5 Å². The summed E-state index contributed by atoms with van der Waals surface area (Å²) in [5.41, 5.74) is 3.12. The molecule has 0 bridgehead atoms. The Morgan fingerprint density at radius 1 is 1.00 bits per heavy atom. The van der Waals surface area contributed by atoms with E-state index < -0.39 is 5.97 Å². The number of carbonyl (C=O) groups excluding carboxylic acids is 1. The molecule has 0 amide bonds. The van der Waals surface area contributed by atoms with Crippen molar-refractivity contribution in [2.24, 2.45) is 0 Å². The van der Waals surface area contributed by atoms with E-state index in [9.17, 15) is 4.79 Å². The van der Waals surface area contributed by atoms with Crippen molar-refractivity contribution in [2.75, 3.05) is 6.61 Å². The molecule has 5 heteroatoms. The van der Waals surface area contributed by atoms with Gasteiger partial charge in [0.05, 0.1) is 12.3 Å². The molecule has 1 heterocycles. The Balaban J connectivity index is 1.90. The van der Waals surface area contributed by atoms with E-state index in [0.29, 0.717) is 17.5 Å². The summed E-state index contributed by atoms with van der Waals surface area (Å²) in [6.45, 7) is 2.10. The number of nitrogens with zero attached hydrogens (tertiary/aromatic N) is 2. The third-order valence-electron chi connectivity index (χ3n) is 3.47. The van der Waals surface area contributed by atoms with Gasteiger partial charge in [0.1, 0.15) is 0 Å². The van der Waals surface area contributed by atoms with E-state index in [4.69, 9.17) is 4.74 Å². The third kappa shape index (κ3) is 4.67. The van der Waals surface area contributed by atoms with Gasteiger partial charge in [-0.15, -0.1) is 0 Å². The van der Waals surface area contributed by atoms with E-state index in [0.717, 1.165) is 11.3 Å². The lowest BCUT2D eigenvalue weighted by Crippen LogP contribution is -2.09. The minimum absolute atomic E-state index is 0.284. The Kier molecular flexibility index (Phi) is 5.80. The SMILES string of the molecule is CCOC(=O)c1cc(-c2ccccc2)nc(SCc2ccccc2)n1. The third-order valence-corrected chi connectivity index (χ3v) is 4.39. The van der Waals surface area contributed by atoms with Crippen molar-refractivity contribution < 1.29 is 9.53 Å². The van der Waals surface area contributed by atoms with Crippen LogP contribution in [0.25, 0.3) is 11.3 Å². The fourth-order valence-electron chi connectivity index (χ4n) is 2.28. The maximum absolute atomic E-state index is 12.1. The largest absolute Gasteiger partial charge is 0.461 e. The first-order chi connectivity index (χ1) is 12.3. The number of esters is 1. The van der Waals surface area contributed by atoms with Gasteiger partial charge < -0.3 is 4.74 Å². The number of benzene rings is 2. The second-order valence-electron chi connectivity index (χ2n) is 5.28. The molecular formula is C20H18N2O2S. The first-order valence-corrected chi connectivity index (χ1v) is 9.03. The van der Waals surface area contributed by atoms with Crippen molar-refractivity contribution in [1.29, 1.82) is 0 Å². The summed E-state index contributed by atoms with van der Waals surface area (Å²) in [6, 6.07) is 21.5. The maximum Gasteiger partial charge on any atom is 0.357 e. The van der Waals surface area contributed by atoms with Gasteiger partial charge in [-0.1, -0.05) is 72.4 Å². The molecule has 126 valence electrons. The molecule has 25 heavy (non-hydrogen) atoms. The molecule has 2 aromatic carbocycles. The van der Waals surface area contributed by atoms with E-state index in [1.165, 1.54) is 17.3 Å². The fraction of sp³-hybridized carbons (Fsp3) is 0.150. The monoisotopic (exact) mass is 350 g/mol. The number of hydrogen-bond acceptors (Lipinski definition) is 5. The summed E-state index contributed by atoms with van der Waals surface area (Å²) in [5, 5.41) is 0.563. The number of thioether (sulfide) groups is 1. The minimum atomic E-state index is -0.427. The van der Waals surface area contributed by atoms with E-state index in [1.54, 1.807) is 13.0 Å². The van der Waals surface area contributed by atoms with Gasteiger partial charge in [0, 0.05) is 11.3 Å². The molecule has 0 radical (unpaired) electrons. The molecule has 1 aromatic heterocycles. The zero-order chi connectivity index (χ0) is 17.5. The standard InChI is InChI=1S/C20H18N2O2S/c1-2-24-19(23)18-13-17(16-11-7-4-8-12-16)21-20(22-18)25-14-15-9-5-3-6-10-15/h3-13H,2,14H2,1H3. The second-order valence-corrected chi connectivity index (χ2v) is 6.22. The number of aromatic nitrogens is 2. The molecule has 4 nitrogen and oxygen atoms in total. The molecule has 0 saturated heterocycles. The van der Waals surface area contributed by atoms with Crippen LogP contribution < -0.4 is 0 Å². The number of rotatable bonds is 6. The molecule has 3 rings (SSSR count). The Labute approximate surface area is 151 Å². The van der Waals surface area contributed by atoms with E-state index in [2.05, 4.69) is 22.1 Å². The van der Waals surface area contributed by atoms with Crippen molar-refractivity contribution in [1.82, 2.24) is 9.97 Å². The quantitative estimate of drug-likeness (QED) is 0.369. The highest BCUT2D eigenvalue weighted by Gasteiger charge is 2.14. The Bertz CT molecular complexity index is 839. The summed E-state index contributed by atoms with van der Waals surface area (Å²) in [5.74, 6) is 0.310. The Morgan fingerprint density at radius 3 is 2.36 bits per heavy atom. The molecule has 0 aliphatic heterocycles. The van der Waals surface area contributed by atoms with Crippen LogP contribution in [0, 0.1) is 0 Å². The smallest absolute Gasteiger partial charge is 0.357 e. The van der Waals surface area contributed by atoms with Gasteiger partial charge >= 0.3 is 5.97 Å². The van der Waals surface area contributed by atoms with Crippen LogP contribution in [0.5, 0.6) is 0 Å². The van der Waals surface area contributed by atoms with Crippen LogP contribution in [0.2, 0.25) is 0 Å². The number of hydrogen-bond donors (Lipinski definition) is 0. The van der Waals surface area contributed by atoms with E-state index in [1.807, 2.05) is 48.5 Å². The summed E-state index contributed by atoms with van der Waals surface area (Å²) < 4.78 is 5.10. The van der Waals surface area contributed by atoms with Crippen molar-refractivity contribution >= 4 is 17.7 Å². The van der Waals surface area contributed by atoms with Gasteiger partial charge in [-0.25, -0.2) is 14.8 Å². The molecule has 0 aliphatic carbocycles. The van der Waals surface area contributed by atoms with Crippen LogP contribution in [0.3, 0.4) is 0 Å². The molecule has 0 saturated carbocycles. The number of carbonyl (C=O) groups is 1. The van der Waals surface area contributed by atoms with Gasteiger partial charge in [-0.2, -0.15) is 0 Å². The van der Waals surface area contributed by atoms with Crippen LogP contribution in [0.15, 0.2) is 71.9 Å². The summed E-state index contributed by atoms with van der Waals surface area (Å²) in [4.78, 5) is 21.1. The van der Waals surface area contributed by atoms with Gasteiger partial charge in [-0.05, 0) is 18.6 Å². The average molecular weight is 350 g/mol. The van der Waals surface area contributed by atoms with Crippen LogP contribution in [0.4, 0.5) is 0 Å². The summed E-state index contributed by atoms with van der Waals surface area (Å²) in [7, 11) is 0. The summed E-state index contributed by atoms with van der Waals surface area (Å²) >= 11 is 1.50. The van der Waals surface area contributed by atoms with Crippen LogP contribution >= 0.6 is 11.8 Å². The zero-order valence-electron chi connectivity index (χ0n) is 13.9. The predicted octanol–water partition coefficient (Wildman–Crippen LogP) is 4.61. The van der Waals surface area contributed by atoms with Gasteiger partial charge in [-0.3, -0.25) is 0 Å². The highest BCUT2D eigenvalue weighted by atomic mass is 32.2. The first-order valence-electron chi connectivity index (χ1n) is 8.04. The van der Waals surface area contributed by atoms with Crippen molar-refractivity contribution in [2.45, 2.75) is 17.8 Å².